The Labute approximate surface area is 197 Å². The lowest BCUT2D eigenvalue weighted by Crippen LogP contribution is -2.40. The van der Waals surface area contributed by atoms with Crippen molar-refractivity contribution in [1.29, 1.82) is 0 Å². The quantitative estimate of drug-likeness (QED) is 0.458. The van der Waals surface area contributed by atoms with Crippen LogP contribution in [0.1, 0.15) is 15.9 Å². The van der Waals surface area contributed by atoms with Crippen molar-refractivity contribution >= 4 is 32.7 Å². The molecule has 0 bridgehead atoms. The van der Waals surface area contributed by atoms with E-state index in [1.165, 1.54) is 28.6 Å². The Kier molecular flexibility index (Phi) is 6.10. The fourth-order valence-electron chi connectivity index (χ4n) is 3.82. The van der Waals surface area contributed by atoms with E-state index in [1.54, 1.807) is 0 Å². The summed E-state index contributed by atoms with van der Waals surface area (Å²) in [4.78, 5) is 12.8. The second kappa shape index (κ2) is 9.34. The fraction of sp³-hybridized carbons (Fsp3) is 0.208. The minimum absolute atomic E-state index is 0.163. The van der Waals surface area contributed by atoms with E-state index in [-0.39, 0.29) is 10.8 Å². The van der Waals surface area contributed by atoms with Crippen LogP contribution in [0.5, 0.6) is 0 Å². The van der Waals surface area contributed by atoms with Crippen molar-refractivity contribution < 1.29 is 17.9 Å². The molecular formula is C24H23N5O4S. The lowest BCUT2D eigenvalue weighted by molar-refractivity contribution is 0.0730. The van der Waals surface area contributed by atoms with E-state index < -0.39 is 10.0 Å². The zero-order valence-electron chi connectivity index (χ0n) is 18.3. The molecule has 1 aliphatic rings. The largest absolute Gasteiger partial charge is 0.379 e. The molecule has 0 atom stereocenters. The number of benzene rings is 3. The van der Waals surface area contributed by atoms with Crippen molar-refractivity contribution in [3.05, 3.63) is 83.9 Å². The Morgan fingerprint density at radius 3 is 2.38 bits per heavy atom. The van der Waals surface area contributed by atoms with E-state index in [1.807, 2.05) is 53.2 Å². The SMILES string of the molecule is O=C(Nc1ccc(Cn2nnc3ccccc32)cc1)c1ccc(S(=O)(=O)N2CCOCC2)cc1. The van der Waals surface area contributed by atoms with Crippen LogP contribution in [0.2, 0.25) is 0 Å². The molecule has 5 rings (SSSR count). The molecule has 4 aromatic rings. The van der Waals surface area contributed by atoms with E-state index in [0.29, 0.717) is 44.1 Å². The van der Waals surface area contributed by atoms with Crippen LogP contribution in [0.4, 0.5) is 5.69 Å². The summed E-state index contributed by atoms with van der Waals surface area (Å²) in [5, 5.41) is 11.2. The van der Waals surface area contributed by atoms with Crippen LogP contribution < -0.4 is 5.32 Å². The van der Waals surface area contributed by atoms with E-state index >= 15 is 0 Å². The summed E-state index contributed by atoms with van der Waals surface area (Å²) >= 11 is 0. The molecule has 0 radical (unpaired) electrons. The number of hydrogen-bond donors (Lipinski definition) is 1. The van der Waals surface area contributed by atoms with Gasteiger partial charge in [0.05, 0.1) is 30.2 Å². The van der Waals surface area contributed by atoms with E-state index in [4.69, 9.17) is 4.74 Å². The maximum Gasteiger partial charge on any atom is 0.255 e. The second-order valence-electron chi connectivity index (χ2n) is 7.93. The van der Waals surface area contributed by atoms with Crippen molar-refractivity contribution in [2.45, 2.75) is 11.4 Å². The molecular weight excluding hydrogens is 454 g/mol. The fourth-order valence-corrected chi connectivity index (χ4v) is 5.23. The monoisotopic (exact) mass is 477 g/mol. The summed E-state index contributed by atoms with van der Waals surface area (Å²) in [6.45, 7) is 1.98. The Bertz CT molecular complexity index is 1410. The molecule has 0 aliphatic carbocycles. The molecule has 3 aromatic carbocycles. The number of ether oxygens (including phenoxy) is 1. The highest BCUT2D eigenvalue weighted by Gasteiger charge is 2.26. The lowest BCUT2D eigenvalue weighted by atomic mass is 10.2. The highest BCUT2D eigenvalue weighted by Crippen LogP contribution is 2.19. The van der Waals surface area contributed by atoms with Crippen molar-refractivity contribution in [1.82, 2.24) is 19.3 Å². The van der Waals surface area contributed by atoms with Crippen molar-refractivity contribution in [3.8, 4) is 0 Å². The molecule has 10 heteroatoms. The molecule has 2 heterocycles. The van der Waals surface area contributed by atoms with Gasteiger partial charge in [-0.25, -0.2) is 13.1 Å². The molecule has 0 unspecified atom stereocenters. The first kappa shape index (κ1) is 22.2. The van der Waals surface area contributed by atoms with Gasteiger partial charge in [-0.2, -0.15) is 4.31 Å². The number of carbonyl (C=O) groups excluding carboxylic acids is 1. The first-order valence-electron chi connectivity index (χ1n) is 10.9. The first-order valence-corrected chi connectivity index (χ1v) is 12.3. The summed E-state index contributed by atoms with van der Waals surface area (Å²) in [7, 11) is -3.59. The van der Waals surface area contributed by atoms with Crippen LogP contribution in [0, 0.1) is 0 Å². The Morgan fingerprint density at radius 1 is 0.941 bits per heavy atom. The number of sulfonamides is 1. The molecule has 9 nitrogen and oxygen atoms in total. The second-order valence-corrected chi connectivity index (χ2v) is 9.87. The number of amides is 1. The molecule has 174 valence electrons. The molecule has 0 saturated carbocycles. The van der Waals surface area contributed by atoms with Crippen LogP contribution in [0.15, 0.2) is 77.7 Å². The number of aromatic nitrogens is 3. The highest BCUT2D eigenvalue weighted by molar-refractivity contribution is 7.89. The van der Waals surface area contributed by atoms with Crippen molar-refractivity contribution in [2.24, 2.45) is 0 Å². The zero-order chi connectivity index (χ0) is 23.5. The van der Waals surface area contributed by atoms with Gasteiger partial charge in [0.15, 0.2) is 0 Å². The summed E-state index contributed by atoms with van der Waals surface area (Å²) in [6, 6.07) is 21.2. The average Bonchev–Trinajstić information content (AvgIpc) is 3.28. The summed E-state index contributed by atoms with van der Waals surface area (Å²) in [5.74, 6) is -0.314. The van der Waals surface area contributed by atoms with Crippen LogP contribution in [0.25, 0.3) is 11.0 Å². The minimum atomic E-state index is -3.59. The Morgan fingerprint density at radius 2 is 1.65 bits per heavy atom. The molecule has 34 heavy (non-hydrogen) atoms. The molecule has 1 N–H and O–H groups in total. The summed E-state index contributed by atoms with van der Waals surface area (Å²) in [5.41, 5.74) is 3.83. The summed E-state index contributed by atoms with van der Waals surface area (Å²) in [6.07, 6.45) is 0. The van der Waals surface area contributed by atoms with Crippen molar-refractivity contribution in [2.75, 3.05) is 31.6 Å². The molecule has 1 aromatic heterocycles. The van der Waals surface area contributed by atoms with E-state index in [2.05, 4.69) is 15.6 Å². The van der Waals surface area contributed by atoms with Gasteiger partial charge < -0.3 is 10.1 Å². The predicted molar refractivity (Wildman–Crippen MR) is 127 cm³/mol. The third-order valence-electron chi connectivity index (χ3n) is 5.69. The van der Waals surface area contributed by atoms with Gasteiger partial charge in [0, 0.05) is 24.3 Å². The van der Waals surface area contributed by atoms with Gasteiger partial charge >= 0.3 is 0 Å². The lowest BCUT2D eigenvalue weighted by Gasteiger charge is -2.26. The minimum Gasteiger partial charge on any atom is -0.379 e. The maximum atomic E-state index is 12.7. The van der Waals surface area contributed by atoms with Gasteiger partial charge in [-0.3, -0.25) is 4.79 Å². The maximum absolute atomic E-state index is 12.7. The standard InChI is InChI=1S/C24H23N5O4S/c30-24(19-7-11-21(12-8-19)34(31,32)28-13-15-33-16-14-28)25-20-9-5-18(6-10-20)17-29-23-4-2-1-3-22(23)26-27-29/h1-12H,13-17H2,(H,25,30). The Balaban J connectivity index is 1.23. The van der Waals surface area contributed by atoms with Gasteiger partial charge in [-0.1, -0.05) is 29.5 Å². The molecule has 1 saturated heterocycles. The summed E-state index contributed by atoms with van der Waals surface area (Å²) < 4.78 is 33.9. The van der Waals surface area contributed by atoms with Crippen molar-refractivity contribution in [3.63, 3.8) is 0 Å². The van der Waals surface area contributed by atoms with Gasteiger partial charge in [0.1, 0.15) is 5.52 Å². The van der Waals surface area contributed by atoms with E-state index in [0.717, 1.165) is 16.6 Å². The molecule has 1 fully saturated rings. The van der Waals surface area contributed by atoms with Crippen LogP contribution in [0.3, 0.4) is 0 Å². The topological polar surface area (TPSA) is 106 Å². The van der Waals surface area contributed by atoms with Gasteiger partial charge in [0.2, 0.25) is 10.0 Å². The highest BCUT2D eigenvalue weighted by atomic mass is 32.2. The number of nitrogens with one attached hydrogen (secondary N) is 1. The Hall–Kier alpha value is -3.60. The predicted octanol–water partition coefficient (Wildman–Crippen LogP) is 2.75. The average molecular weight is 478 g/mol. The van der Waals surface area contributed by atoms with Gasteiger partial charge in [-0.05, 0) is 54.1 Å². The first-order chi connectivity index (χ1) is 16.5. The van der Waals surface area contributed by atoms with E-state index in [9.17, 15) is 13.2 Å². The normalized spacial score (nSPS) is 14.8. The number of fused-ring (bicyclic) bond motifs is 1. The number of hydrogen-bond acceptors (Lipinski definition) is 6. The number of carbonyl (C=O) groups is 1. The third kappa shape index (κ3) is 4.56. The number of rotatable bonds is 6. The van der Waals surface area contributed by atoms with Gasteiger partial charge in [-0.15, -0.1) is 5.10 Å². The molecule has 0 spiro atoms. The van der Waals surface area contributed by atoms with Gasteiger partial charge in [0.25, 0.3) is 5.91 Å². The molecule has 1 amide bonds. The zero-order valence-corrected chi connectivity index (χ0v) is 19.1. The number of nitrogens with zero attached hydrogens (tertiary/aromatic N) is 4. The number of anilines is 1. The number of morpholine rings is 1. The smallest absolute Gasteiger partial charge is 0.255 e. The number of para-hydroxylation sites is 1. The van der Waals surface area contributed by atoms with Crippen LogP contribution in [-0.2, 0) is 21.3 Å². The molecule has 1 aliphatic heterocycles. The third-order valence-corrected chi connectivity index (χ3v) is 7.60. The van der Waals surface area contributed by atoms with Crippen LogP contribution in [-0.4, -0.2) is 59.9 Å². The van der Waals surface area contributed by atoms with Crippen LogP contribution >= 0.6 is 0 Å².